The van der Waals surface area contributed by atoms with Crippen molar-refractivity contribution >= 4 is 5.71 Å². The standard InChI is InChI=1S/C13H25NO/c1-12(14-15)13-10-8-6-4-2-3-5-7-9-11-13/h13,15H,2-11H2,1H3/b14-12+. The van der Waals surface area contributed by atoms with Gasteiger partial charge in [-0.3, -0.25) is 0 Å². The van der Waals surface area contributed by atoms with Crippen LogP contribution in [-0.4, -0.2) is 10.9 Å². The van der Waals surface area contributed by atoms with Gasteiger partial charge in [-0.2, -0.15) is 0 Å². The number of nitrogens with zero attached hydrogens (tertiary/aromatic N) is 1. The summed E-state index contributed by atoms with van der Waals surface area (Å²) in [6, 6.07) is 0. The van der Waals surface area contributed by atoms with E-state index < -0.39 is 0 Å². The maximum absolute atomic E-state index is 8.82. The molecule has 0 saturated heterocycles. The Bertz CT molecular complexity index is 177. The summed E-state index contributed by atoms with van der Waals surface area (Å²) in [5, 5.41) is 12.2. The maximum Gasteiger partial charge on any atom is 0.0570 e. The van der Waals surface area contributed by atoms with Crippen molar-refractivity contribution in [3.63, 3.8) is 0 Å². The minimum Gasteiger partial charge on any atom is -0.411 e. The average molecular weight is 211 g/mol. The van der Waals surface area contributed by atoms with Crippen LogP contribution >= 0.6 is 0 Å². The van der Waals surface area contributed by atoms with E-state index in [1.54, 1.807) is 0 Å². The van der Waals surface area contributed by atoms with Crippen LogP contribution in [0.5, 0.6) is 0 Å². The molecular formula is C13H25NO. The number of hydrogen-bond acceptors (Lipinski definition) is 2. The van der Waals surface area contributed by atoms with Crippen LogP contribution in [0.1, 0.15) is 71.1 Å². The third-order valence-electron chi connectivity index (χ3n) is 3.60. The van der Waals surface area contributed by atoms with Gasteiger partial charge in [-0.1, -0.05) is 56.5 Å². The normalized spacial score (nSPS) is 23.4. The molecule has 0 spiro atoms. The van der Waals surface area contributed by atoms with Gasteiger partial charge in [0.1, 0.15) is 0 Å². The molecule has 1 saturated carbocycles. The predicted octanol–water partition coefficient (Wildman–Crippen LogP) is 4.37. The van der Waals surface area contributed by atoms with Gasteiger partial charge in [0, 0.05) is 5.92 Å². The third-order valence-corrected chi connectivity index (χ3v) is 3.60. The predicted molar refractivity (Wildman–Crippen MR) is 64.6 cm³/mol. The molecule has 1 rings (SSSR count). The SMILES string of the molecule is C/C(=N\O)C1CCCCCCCCCC1. The van der Waals surface area contributed by atoms with E-state index >= 15 is 0 Å². The first kappa shape index (κ1) is 12.5. The molecule has 0 aromatic carbocycles. The van der Waals surface area contributed by atoms with Crippen LogP contribution in [0.4, 0.5) is 0 Å². The van der Waals surface area contributed by atoms with E-state index in [0.29, 0.717) is 5.92 Å². The van der Waals surface area contributed by atoms with Crippen LogP contribution in [0.25, 0.3) is 0 Å². The lowest BCUT2D eigenvalue weighted by Gasteiger charge is -2.14. The molecule has 0 aliphatic heterocycles. The van der Waals surface area contributed by atoms with Crippen molar-refractivity contribution in [2.24, 2.45) is 11.1 Å². The third kappa shape index (κ3) is 5.19. The van der Waals surface area contributed by atoms with Crippen molar-refractivity contribution < 1.29 is 5.21 Å². The van der Waals surface area contributed by atoms with Gasteiger partial charge in [0.05, 0.1) is 5.71 Å². The van der Waals surface area contributed by atoms with Crippen molar-refractivity contribution in [1.29, 1.82) is 0 Å². The van der Waals surface area contributed by atoms with E-state index in [-0.39, 0.29) is 0 Å². The van der Waals surface area contributed by atoms with Crippen LogP contribution in [0.15, 0.2) is 5.16 Å². The first-order chi connectivity index (χ1) is 7.34. The zero-order chi connectivity index (χ0) is 10.9. The molecule has 0 bridgehead atoms. The fraction of sp³-hybridized carbons (Fsp3) is 0.923. The first-order valence-corrected chi connectivity index (χ1v) is 6.53. The van der Waals surface area contributed by atoms with Crippen LogP contribution in [0.3, 0.4) is 0 Å². The molecule has 15 heavy (non-hydrogen) atoms. The summed E-state index contributed by atoms with van der Waals surface area (Å²) in [5.41, 5.74) is 0.939. The average Bonchev–Trinajstić information content (AvgIpc) is 2.32. The van der Waals surface area contributed by atoms with Gasteiger partial charge in [0.2, 0.25) is 0 Å². The first-order valence-electron chi connectivity index (χ1n) is 6.53. The van der Waals surface area contributed by atoms with E-state index in [0.717, 1.165) is 5.71 Å². The van der Waals surface area contributed by atoms with Crippen molar-refractivity contribution in [3.8, 4) is 0 Å². The van der Waals surface area contributed by atoms with Crippen LogP contribution in [-0.2, 0) is 0 Å². The van der Waals surface area contributed by atoms with Crippen molar-refractivity contribution in [3.05, 3.63) is 0 Å². The summed E-state index contributed by atoms with van der Waals surface area (Å²) in [6.07, 6.45) is 13.4. The molecule has 0 heterocycles. The van der Waals surface area contributed by atoms with E-state index in [1.165, 1.54) is 64.2 Å². The molecule has 2 nitrogen and oxygen atoms in total. The Kier molecular flexibility index (Phi) is 6.45. The highest BCUT2D eigenvalue weighted by molar-refractivity contribution is 5.83. The van der Waals surface area contributed by atoms with Crippen molar-refractivity contribution in [2.75, 3.05) is 0 Å². The molecule has 1 fully saturated rings. The smallest absolute Gasteiger partial charge is 0.0570 e. The largest absolute Gasteiger partial charge is 0.411 e. The molecule has 0 aromatic heterocycles. The van der Waals surface area contributed by atoms with Gasteiger partial charge in [0.25, 0.3) is 0 Å². The second-order valence-electron chi connectivity index (χ2n) is 4.84. The van der Waals surface area contributed by atoms with Gasteiger partial charge in [-0.25, -0.2) is 0 Å². The number of rotatable bonds is 1. The van der Waals surface area contributed by atoms with Gasteiger partial charge >= 0.3 is 0 Å². The van der Waals surface area contributed by atoms with E-state index in [4.69, 9.17) is 5.21 Å². The highest BCUT2D eigenvalue weighted by Crippen LogP contribution is 2.22. The Labute approximate surface area is 93.8 Å². The summed E-state index contributed by atoms with van der Waals surface area (Å²) < 4.78 is 0. The summed E-state index contributed by atoms with van der Waals surface area (Å²) in [4.78, 5) is 0. The zero-order valence-corrected chi connectivity index (χ0v) is 10.0. The fourth-order valence-electron chi connectivity index (χ4n) is 2.49. The molecule has 1 aliphatic carbocycles. The molecule has 1 aliphatic rings. The molecule has 0 radical (unpaired) electrons. The van der Waals surface area contributed by atoms with Crippen LogP contribution < -0.4 is 0 Å². The Morgan fingerprint density at radius 3 is 1.67 bits per heavy atom. The number of hydrogen-bond donors (Lipinski definition) is 1. The molecular weight excluding hydrogens is 186 g/mol. The van der Waals surface area contributed by atoms with Gasteiger partial charge < -0.3 is 5.21 Å². The molecule has 88 valence electrons. The minimum atomic E-state index is 0.535. The fourth-order valence-corrected chi connectivity index (χ4v) is 2.49. The van der Waals surface area contributed by atoms with Crippen LogP contribution in [0, 0.1) is 5.92 Å². The van der Waals surface area contributed by atoms with E-state index in [9.17, 15) is 0 Å². The monoisotopic (exact) mass is 211 g/mol. The van der Waals surface area contributed by atoms with Crippen molar-refractivity contribution in [2.45, 2.75) is 71.1 Å². The Hall–Kier alpha value is -0.530. The molecule has 1 N–H and O–H groups in total. The topological polar surface area (TPSA) is 32.6 Å². The van der Waals surface area contributed by atoms with E-state index in [1.807, 2.05) is 6.92 Å². The Balaban J connectivity index is 2.38. The molecule has 2 heteroatoms. The highest BCUT2D eigenvalue weighted by Gasteiger charge is 2.12. The lowest BCUT2D eigenvalue weighted by atomic mass is 9.92. The molecule has 0 aromatic rings. The summed E-state index contributed by atoms with van der Waals surface area (Å²) in [7, 11) is 0. The minimum absolute atomic E-state index is 0.535. The Morgan fingerprint density at radius 2 is 1.27 bits per heavy atom. The lowest BCUT2D eigenvalue weighted by Crippen LogP contribution is -2.11. The van der Waals surface area contributed by atoms with Gasteiger partial charge in [-0.05, 0) is 19.8 Å². The number of oxime groups is 1. The van der Waals surface area contributed by atoms with Crippen LogP contribution in [0.2, 0.25) is 0 Å². The zero-order valence-electron chi connectivity index (χ0n) is 10.0. The molecule has 0 atom stereocenters. The summed E-state index contributed by atoms with van der Waals surface area (Å²) >= 11 is 0. The van der Waals surface area contributed by atoms with Gasteiger partial charge in [-0.15, -0.1) is 0 Å². The lowest BCUT2D eigenvalue weighted by molar-refractivity contribution is 0.312. The second kappa shape index (κ2) is 7.72. The van der Waals surface area contributed by atoms with Gasteiger partial charge in [0.15, 0.2) is 0 Å². The van der Waals surface area contributed by atoms with Crippen molar-refractivity contribution in [1.82, 2.24) is 0 Å². The highest BCUT2D eigenvalue weighted by atomic mass is 16.4. The molecule has 0 unspecified atom stereocenters. The summed E-state index contributed by atoms with van der Waals surface area (Å²) in [6.45, 7) is 1.96. The Morgan fingerprint density at radius 1 is 0.867 bits per heavy atom. The molecule has 0 amide bonds. The maximum atomic E-state index is 8.82. The quantitative estimate of drug-likeness (QED) is 0.390. The summed E-state index contributed by atoms with van der Waals surface area (Å²) in [5.74, 6) is 0.535. The second-order valence-corrected chi connectivity index (χ2v) is 4.84. The van der Waals surface area contributed by atoms with E-state index in [2.05, 4.69) is 5.16 Å².